The minimum atomic E-state index is 0.578. The molecule has 1 saturated carbocycles. The second-order valence-electron chi connectivity index (χ2n) is 6.43. The molecule has 2 aliphatic rings. The summed E-state index contributed by atoms with van der Waals surface area (Å²) in [6.45, 7) is 9.68. The van der Waals surface area contributed by atoms with E-state index in [2.05, 4.69) is 38.0 Å². The van der Waals surface area contributed by atoms with E-state index in [4.69, 9.17) is 0 Å². The molecule has 2 fully saturated rings. The van der Waals surface area contributed by atoms with Crippen LogP contribution in [-0.4, -0.2) is 37.1 Å². The van der Waals surface area contributed by atoms with Gasteiger partial charge in [0.1, 0.15) is 0 Å². The molecular formula is C13H26N2. The lowest BCUT2D eigenvalue weighted by molar-refractivity contribution is 0.0348. The molecule has 0 bridgehead atoms. The molecule has 2 nitrogen and oxygen atoms in total. The quantitative estimate of drug-likeness (QED) is 0.751. The standard InChI is InChI=1S/C13H26N2/c1-10-7-13(2,3)6-5-12(10)15(4)11-8-14-9-11/h10-12,14H,5-9H2,1-4H3. The predicted molar refractivity (Wildman–Crippen MR) is 65.0 cm³/mol. The summed E-state index contributed by atoms with van der Waals surface area (Å²) >= 11 is 0. The van der Waals surface area contributed by atoms with Crippen LogP contribution in [0.15, 0.2) is 0 Å². The fourth-order valence-corrected chi connectivity index (χ4v) is 3.37. The van der Waals surface area contributed by atoms with Crippen LogP contribution < -0.4 is 5.32 Å². The van der Waals surface area contributed by atoms with Crippen LogP contribution in [-0.2, 0) is 0 Å². The van der Waals surface area contributed by atoms with Crippen LogP contribution in [0, 0.1) is 11.3 Å². The highest BCUT2D eigenvalue weighted by Gasteiger charge is 2.37. The highest BCUT2D eigenvalue weighted by atomic mass is 15.2. The molecule has 1 N–H and O–H groups in total. The van der Waals surface area contributed by atoms with E-state index in [1.165, 1.54) is 32.4 Å². The fraction of sp³-hybridized carbons (Fsp3) is 1.00. The topological polar surface area (TPSA) is 15.3 Å². The zero-order valence-electron chi connectivity index (χ0n) is 10.7. The molecule has 2 rings (SSSR count). The van der Waals surface area contributed by atoms with Gasteiger partial charge in [-0.15, -0.1) is 0 Å². The zero-order chi connectivity index (χ0) is 11.1. The van der Waals surface area contributed by atoms with Gasteiger partial charge in [0.05, 0.1) is 0 Å². The third-order valence-electron chi connectivity index (χ3n) is 4.51. The molecule has 2 atom stereocenters. The number of nitrogens with one attached hydrogen (secondary N) is 1. The molecule has 1 aliphatic heterocycles. The smallest absolute Gasteiger partial charge is 0.0345 e. The highest BCUT2D eigenvalue weighted by molar-refractivity contribution is 4.92. The fourth-order valence-electron chi connectivity index (χ4n) is 3.37. The monoisotopic (exact) mass is 210 g/mol. The van der Waals surface area contributed by atoms with Crippen molar-refractivity contribution in [2.24, 2.45) is 11.3 Å². The number of rotatable bonds is 2. The molecule has 0 spiro atoms. The summed E-state index contributed by atoms with van der Waals surface area (Å²) in [5, 5.41) is 3.37. The van der Waals surface area contributed by atoms with Gasteiger partial charge in [-0.25, -0.2) is 0 Å². The molecule has 0 radical (unpaired) electrons. The van der Waals surface area contributed by atoms with Gasteiger partial charge < -0.3 is 5.32 Å². The van der Waals surface area contributed by atoms with E-state index in [1.807, 2.05) is 0 Å². The van der Waals surface area contributed by atoms with Crippen molar-refractivity contribution in [2.45, 2.75) is 52.1 Å². The van der Waals surface area contributed by atoms with E-state index < -0.39 is 0 Å². The van der Waals surface area contributed by atoms with Crippen molar-refractivity contribution in [3.8, 4) is 0 Å². The summed E-state index contributed by atoms with van der Waals surface area (Å²) < 4.78 is 0. The molecule has 0 aromatic heterocycles. The molecule has 1 heterocycles. The van der Waals surface area contributed by atoms with Crippen molar-refractivity contribution in [3.63, 3.8) is 0 Å². The van der Waals surface area contributed by atoms with Crippen molar-refractivity contribution in [2.75, 3.05) is 20.1 Å². The Hall–Kier alpha value is -0.0800. The lowest BCUT2D eigenvalue weighted by Gasteiger charge is -2.48. The average molecular weight is 210 g/mol. The minimum Gasteiger partial charge on any atom is -0.314 e. The van der Waals surface area contributed by atoms with Crippen molar-refractivity contribution in [1.82, 2.24) is 10.2 Å². The Bertz CT molecular complexity index is 221. The summed E-state index contributed by atoms with van der Waals surface area (Å²) in [5.41, 5.74) is 0.578. The average Bonchev–Trinajstić information content (AvgIpc) is 1.97. The summed E-state index contributed by atoms with van der Waals surface area (Å²) in [6, 6.07) is 1.63. The first kappa shape index (κ1) is 11.4. The Morgan fingerprint density at radius 1 is 1.27 bits per heavy atom. The van der Waals surface area contributed by atoms with Gasteiger partial charge in [-0.1, -0.05) is 20.8 Å². The van der Waals surface area contributed by atoms with E-state index in [1.54, 1.807) is 0 Å². The maximum Gasteiger partial charge on any atom is 0.0345 e. The van der Waals surface area contributed by atoms with Gasteiger partial charge in [0.2, 0.25) is 0 Å². The predicted octanol–water partition coefficient (Wildman–Crippen LogP) is 2.10. The molecule has 0 aromatic rings. The number of hydrogen-bond acceptors (Lipinski definition) is 2. The second-order valence-corrected chi connectivity index (χ2v) is 6.43. The van der Waals surface area contributed by atoms with Crippen LogP contribution in [0.1, 0.15) is 40.0 Å². The molecule has 1 aliphatic carbocycles. The molecule has 1 saturated heterocycles. The Balaban J connectivity index is 1.92. The molecule has 0 aromatic carbocycles. The van der Waals surface area contributed by atoms with E-state index in [0.29, 0.717) is 5.41 Å². The van der Waals surface area contributed by atoms with Crippen LogP contribution in [0.25, 0.3) is 0 Å². The van der Waals surface area contributed by atoms with Gasteiger partial charge in [0.15, 0.2) is 0 Å². The van der Waals surface area contributed by atoms with Crippen LogP contribution in [0.2, 0.25) is 0 Å². The Morgan fingerprint density at radius 3 is 2.40 bits per heavy atom. The molecule has 2 heteroatoms. The Labute approximate surface area is 94.4 Å². The second kappa shape index (κ2) is 4.06. The van der Waals surface area contributed by atoms with Crippen LogP contribution >= 0.6 is 0 Å². The van der Waals surface area contributed by atoms with Gasteiger partial charge in [-0.2, -0.15) is 0 Å². The third-order valence-corrected chi connectivity index (χ3v) is 4.51. The van der Waals surface area contributed by atoms with Gasteiger partial charge in [0.25, 0.3) is 0 Å². The van der Waals surface area contributed by atoms with Crippen molar-refractivity contribution in [3.05, 3.63) is 0 Å². The molecule has 2 unspecified atom stereocenters. The van der Waals surface area contributed by atoms with Gasteiger partial charge in [0, 0.05) is 25.2 Å². The van der Waals surface area contributed by atoms with Gasteiger partial charge in [-0.3, -0.25) is 4.90 Å². The summed E-state index contributed by atoms with van der Waals surface area (Å²) in [5.74, 6) is 0.861. The third kappa shape index (κ3) is 2.36. The SMILES string of the molecule is CC1CC(C)(C)CCC1N(C)C1CNC1. The lowest BCUT2D eigenvalue weighted by atomic mass is 9.70. The summed E-state index contributed by atoms with van der Waals surface area (Å²) in [7, 11) is 2.32. The maximum atomic E-state index is 3.37. The van der Waals surface area contributed by atoms with Crippen molar-refractivity contribution >= 4 is 0 Å². The molecule has 0 amide bonds. The molecular weight excluding hydrogens is 184 g/mol. The highest BCUT2D eigenvalue weighted by Crippen LogP contribution is 2.40. The first-order chi connectivity index (χ1) is 6.99. The lowest BCUT2D eigenvalue weighted by Crippen LogP contribution is -2.60. The largest absolute Gasteiger partial charge is 0.314 e. The van der Waals surface area contributed by atoms with E-state index in [9.17, 15) is 0 Å². The van der Waals surface area contributed by atoms with E-state index in [-0.39, 0.29) is 0 Å². The van der Waals surface area contributed by atoms with Gasteiger partial charge in [-0.05, 0) is 37.6 Å². The van der Waals surface area contributed by atoms with Gasteiger partial charge >= 0.3 is 0 Å². The first-order valence-corrected chi connectivity index (χ1v) is 6.42. The van der Waals surface area contributed by atoms with Crippen LogP contribution in [0.3, 0.4) is 0 Å². The summed E-state index contributed by atoms with van der Waals surface area (Å²) in [4.78, 5) is 2.64. The van der Waals surface area contributed by atoms with Crippen molar-refractivity contribution < 1.29 is 0 Å². The van der Waals surface area contributed by atoms with Crippen LogP contribution in [0.5, 0.6) is 0 Å². The molecule has 88 valence electrons. The number of likely N-dealkylation sites (N-methyl/N-ethyl adjacent to an activating group) is 1. The van der Waals surface area contributed by atoms with Crippen LogP contribution in [0.4, 0.5) is 0 Å². The maximum absolute atomic E-state index is 3.37. The normalized spacial score (nSPS) is 36.6. The number of hydrogen-bond donors (Lipinski definition) is 1. The van der Waals surface area contributed by atoms with E-state index >= 15 is 0 Å². The summed E-state index contributed by atoms with van der Waals surface area (Å²) in [6.07, 6.45) is 4.18. The first-order valence-electron chi connectivity index (χ1n) is 6.42. The Morgan fingerprint density at radius 2 is 1.93 bits per heavy atom. The zero-order valence-corrected chi connectivity index (χ0v) is 10.7. The molecule has 15 heavy (non-hydrogen) atoms. The van der Waals surface area contributed by atoms with E-state index in [0.717, 1.165) is 18.0 Å². The number of nitrogens with zero attached hydrogens (tertiary/aromatic N) is 1. The Kier molecular flexibility index (Phi) is 3.09. The minimum absolute atomic E-state index is 0.578. The van der Waals surface area contributed by atoms with Crippen molar-refractivity contribution in [1.29, 1.82) is 0 Å².